The summed E-state index contributed by atoms with van der Waals surface area (Å²) in [7, 11) is 2.10. The van der Waals surface area contributed by atoms with Crippen molar-refractivity contribution < 1.29 is 5.11 Å². The lowest BCUT2D eigenvalue weighted by molar-refractivity contribution is 0.0930. The Balaban J connectivity index is 2.58. The number of benzene rings is 1. The van der Waals surface area contributed by atoms with Gasteiger partial charge >= 0.3 is 0 Å². The third-order valence-electron chi connectivity index (χ3n) is 3.23. The second kappa shape index (κ2) is 6.53. The predicted octanol–water partition coefficient (Wildman–Crippen LogP) is 3.29. The molecule has 0 aromatic heterocycles. The quantitative estimate of drug-likeness (QED) is 0.871. The van der Waals surface area contributed by atoms with Crippen LogP contribution in [0, 0.1) is 5.41 Å². The summed E-state index contributed by atoms with van der Waals surface area (Å²) in [4.78, 5) is 2.27. The fourth-order valence-corrected chi connectivity index (χ4v) is 2.37. The number of halogens is 1. The first kappa shape index (κ1) is 14.7. The number of hydrogen-bond donors (Lipinski definition) is 1. The zero-order valence-electron chi connectivity index (χ0n) is 10.9. The normalized spacial score (nSPS) is 14.9. The first-order valence-corrected chi connectivity index (χ1v) is 6.82. The van der Waals surface area contributed by atoms with Crippen molar-refractivity contribution in [3.05, 3.63) is 34.3 Å². The highest BCUT2D eigenvalue weighted by molar-refractivity contribution is 9.10. The first-order chi connectivity index (χ1) is 7.99. The molecule has 0 radical (unpaired) electrons. The van der Waals surface area contributed by atoms with Gasteiger partial charge in [-0.15, -0.1) is 0 Å². The summed E-state index contributed by atoms with van der Waals surface area (Å²) >= 11 is 3.48. The maximum absolute atomic E-state index is 9.41. The summed E-state index contributed by atoms with van der Waals surface area (Å²) < 4.78 is 1.11. The van der Waals surface area contributed by atoms with Crippen LogP contribution in [0.25, 0.3) is 0 Å². The van der Waals surface area contributed by atoms with Gasteiger partial charge in [0.2, 0.25) is 0 Å². The summed E-state index contributed by atoms with van der Waals surface area (Å²) in [6.07, 6.45) is 0.992. The van der Waals surface area contributed by atoms with Crippen molar-refractivity contribution in [2.45, 2.75) is 26.8 Å². The highest BCUT2D eigenvalue weighted by atomic mass is 79.9. The lowest BCUT2D eigenvalue weighted by atomic mass is 9.88. The number of nitrogens with zero attached hydrogens (tertiary/aromatic N) is 1. The van der Waals surface area contributed by atoms with Crippen molar-refractivity contribution in [1.29, 1.82) is 0 Å². The van der Waals surface area contributed by atoms with Gasteiger partial charge in [-0.2, -0.15) is 0 Å². The molecule has 0 saturated carbocycles. The zero-order chi connectivity index (χ0) is 12.9. The molecule has 0 aliphatic rings. The van der Waals surface area contributed by atoms with E-state index >= 15 is 0 Å². The molecule has 0 saturated heterocycles. The summed E-state index contributed by atoms with van der Waals surface area (Å²) in [5, 5.41) is 9.41. The van der Waals surface area contributed by atoms with Crippen LogP contribution in [0.2, 0.25) is 0 Å². The van der Waals surface area contributed by atoms with Gasteiger partial charge in [0.15, 0.2) is 0 Å². The topological polar surface area (TPSA) is 23.5 Å². The fraction of sp³-hybridized carbons (Fsp3) is 0.571. The van der Waals surface area contributed by atoms with E-state index in [9.17, 15) is 5.11 Å². The van der Waals surface area contributed by atoms with Crippen molar-refractivity contribution in [3.63, 3.8) is 0 Å². The van der Waals surface area contributed by atoms with Gasteiger partial charge in [0.05, 0.1) is 0 Å². The molecular weight excluding hydrogens is 278 g/mol. The summed E-state index contributed by atoms with van der Waals surface area (Å²) in [5.41, 5.74) is 1.29. The Morgan fingerprint density at radius 3 is 2.65 bits per heavy atom. The van der Waals surface area contributed by atoms with Gasteiger partial charge in [-0.05, 0) is 31.2 Å². The van der Waals surface area contributed by atoms with Gasteiger partial charge in [-0.25, -0.2) is 0 Å². The third-order valence-corrected chi connectivity index (χ3v) is 3.72. The van der Waals surface area contributed by atoms with E-state index in [1.807, 2.05) is 6.07 Å². The van der Waals surface area contributed by atoms with E-state index < -0.39 is 0 Å². The van der Waals surface area contributed by atoms with Gasteiger partial charge in [-0.3, -0.25) is 0 Å². The molecule has 0 aliphatic heterocycles. The zero-order valence-corrected chi connectivity index (χ0v) is 12.5. The second-order valence-corrected chi connectivity index (χ2v) is 6.04. The Bertz CT molecular complexity index is 350. The summed E-state index contributed by atoms with van der Waals surface area (Å²) in [6, 6.07) is 8.36. The Morgan fingerprint density at radius 1 is 1.41 bits per heavy atom. The molecule has 0 aliphatic carbocycles. The van der Waals surface area contributed by atoms with E-state index in [1.165, 1.54) is 5.56 Å². The first-order valence-electron chi connectivity index (χ1n) is 6.03. The molecular formula is C14H22BrNO. The van der Waals surface area contributed by atoms with Crippen LogP contribution in [-0.2, 0) is 6.54 Å². The maximum Gasteiger partial charge on any atom is 0.0496 e. The van der Waals surface area contributed by atoms with Crippen LogP contribution in [0.1, 0.15) is 25.8 Å². The molecule has 17 heavy (non-hydrogen) atoms. The Labute approximate surface area is 113 Å². The molecule has 0 bridgehead atoms. The van der Waals surface area contributed by atoms with Crippen LogP contribution in [0.4, 0.5) is 0 Å². The minimum Gasteiger partial charge on any atom is -0.396 e. The largest absolute Gasteiger partial charge is 0.396 e. The summed E-state index contributed by atoms with van der Waals surface area (Å²) in [6.45, 7) is 6.32. The molecule has 1 aromatic carbocycles. The molecule has 0 spiro atoms. The van der Waals surface area contributed by atoms with Crippen LogP contribution in [0.5, 0.6) is 0 Å². The van der Waals surface area contributed by atoms with E-state index in [1.54, 1.807) is 0 Å². The van der Waals surface area contributed by atoms with Crippen molar-refractivity contribution in [2.24, 2.45) is 5.41 Å². The standard InChI is InChI=1S/C14H22BrNO/c1-4-14(2,11-17)10-16(3)9-12-6-5-7-13(15)8-12/h5-8,17H,4,9-11H2,1-3H3. The van der Waals surface area contributed by atoms with Crippen molar-refractivity contribution >= 4 is 15.9 Å². The molecule has 1 rings (SSSR count). The molecule has 2 nitrogen and oxygen atoms in total. The fourth-order valence-electron chi connectivity index (χ4n) is 1.93. The van der Waals surface area contributed by atoms with E-state index in [0.29, 0.717) is 0 Å². The van der Waals surface area contributed by atoms with E-state index in [-0.39, 0.29) is 12.0 Å². The van der Waals surface area contributed by atoms with E-state index in [0.717, 1.165) is 24.0 Å². The number of rotatable bonds is 6. The average Bonchev–Trinajstić information content (AvgIpc) is 2.28. The number of aliphatic hydroxyl groups excluding tert-OH is 1. The highest BCUT2D eigenvalue weighted by Gasteiger charge is 2.22. The van der Waals surface area contributed by atoms with Crippen LogP contribution >= 0.6 is 15.9 Å². The average molecular weight is 300 g/mol. The van der Waals surface area contributed by atoms with Gasteiger partial charge in [0.1, 0.15) is 0 Å². The van der Waals surface area contributed by atoms with Crippen LogP contribution in [-0.4, -0.2) is 30.2 Å². The Kier molecular flexibility index (Phi) is 5.63. The van der Waals surface area contributed by atoms with Crippen molar-refractivity contribution in [2.75, 3.05) is 20.2 Å². The monoisotopic (exact) mass is 299 g/mol. The van der Waals surface area contributed by atoms with Crippen LogP contribution in [0.15, 0.2) is 28.7 Å². The Morgan fingerprint density at radius 2 is 2.12 bits per heavy atom. The van der Waals surface area contributed by atoms with E-state index in [4.69, 9.17) is 0 Å². The lowest BCUT2D eigenvalue weighted by Gasteiger charge is -2.31. The minimum absolute atomic E-state index is 0.000756. The molecule has 1 atom stereocenters. The number of aliphatic hydroxyl groups is 1. The van der Waals surface area contributed by atoms with Crippen molar-refractivity contribution in [3.8, 4) is 0 Å². The van der Waals surface area contributed by atoms with Crippen LogP contribution in [0.3, 0.4) is 0 Å². The maximum atomic E-state index is 9.41. The van der Waals surface area contributed by atoms with E-state index in [2.05, 4.69) is 59.9 Å². The van der Waals surface area contributed by atoms with Gasteiger partial charge in [0.25, 0.3) is 0 Å². The predicted molar refractivity (Wildman–Crippen MR) is 76.0 cm³/mol. The second-order valence-electron chi connectivity index (χ2n) is 5.12. The van der Waals surface area contributed by atoms with Crippen LogP contribution < -0.4 is 0 Å². The molecule has 96 valence electrons. The Hall–Kier alpha value is -0.380. The number of hydrogen-bond acceptors (Lipinski definition) is 2. The molecule has 1 N–H and O–H groups in total. The molecule has 0 fully saturated rings. The molecule has 3 heteroatoms. The SMILES string of the molecule is CCC(C)(CO)CN(C)Cc1cccc(Br)c1. The lowest BCUT2D eigenvalue weighted by Crippen LogP contribution is -2.35. The molecule has 1 unspecified atom stereocenters. The molecule has 1 aromatic rings. The third kappa shape index (κ3) is 4.78. The molecule has 0 heterocycles. The molecule has 0 amide bonds. The van der Waals surface area contributed by atoms with Crippen molar-refractivity contribution in [1.82, 2.24) is 4.90 Å². The minimum atomic E-state index is 0.000756. The smallest absolute Gasteiger partial charge is 0.0496 e. The highest BCUT2D eigenvalue weighted by Crippen LogP contribution is 2.22. The van der Waals surface area contributed by atoms with Gasteiger partial charge in [-0.1, -0.05) is 41.9 Å². The van der Waals surface area contributed by atoms with Gasteiger partial charge in [0, 0.05) is 29.6 Å². The summed E-state index contributed by atoms with van der Waals surface area (Å²) in [5.74, 6) is 0. The van der Waals surface area contributed by atoms with Gasteiger partial charge < -0.3 is 10.0 Å².